The van der Waals surface area contributed by atoms with Crippen LogP contribution in [-0.4, -0.2) is 35.0 Å². The maximum absolute atomic E-state index is 2.46. The van der Waals surface area contributed by atoms with Crippen LogP contribution in [0.15, 0.2) is 0 Å². The number of rotatable bonds is 2. The Balaban J connectivity index is 2.45. The summed E-state index contributed by atoms with van der Waals surface area (Å²) < 4.78 is 0.515. The molecular weight excluding hydrogens is 166 g/mol. The summed E-state index contributed by atoms with van der Waals surface area (Å²) in [6.07, 6.45) is 2.76. The highest BCUT2D eigenvalue weighted by molar-refractivity contribution is 8.01. The van der Waals surface area contributed by atoms with Crippen molar-refractivity contribution in [1.29, 1.82) is 0 Å². The van der Waals surface area contributed by atoms with Crippen molar-refractivity contribution in [2.45, 2.75) is 43.6 Å². The third kappa shape index (κ3) is 2.98. The Hall–Kier alpha value is 0.310. The van der Waals surface area contributed by atoms with E-state index in [1.807, 2.05) is 0 Å². The average molecular weight is 187 g/mol. The molecule has 0 bridgehead atoms. The van der Waals surface area contributed by atoms with Gasteiger partial charge in [-0.05, 0) is 38.6 Å². The van der Waals surface area contributed by atoms with Gasteiger partial charge in [-0.25, -0.2) is 0 Å². The molecule has 72 valence electrons. The summed E-state index contributed by atoms with van der Waals surface area (Å²) in [5, 5.41) is 0.765. The van der Waals surface area contributed by atoms with Gasteiger partial charge < -0.3 is 4.90 Å². The van der Waals surface area contributed by atoms with Crippen LogP contribution >= 0.6 is 11.8 Å². The minimum Gasteiger partial charge on any atom is -0.305 e. The van der Waals surface area contributed by atoms with Gasteiger partial charge in [0.05, 0.1) is 0 Å². The maximum Gasteiger partial charge on any atom is 0.0261 e. The molecule has 0 spiro atoms. The van der Waals surface area contributed by atoms with Crippen molar-refractivity contribution >= 4 is 11.8 Å². The van der Waals surface area contributed by atoms with Gasteiger partial charge in [0.1, 0.15) is 0 Å². The molecule has 1 unspecified atom stereocenters. The van der Waals surface area contributed by atoms with E-state index in [4.69, 9.17) is 0 Å². The first-order valence-corrected chi connectivity index (χ1v) is 5.76. The van der Waals surface area contributed by atoms with E-state index in [1.165, 1.54) is 25.9 Å². The number of hydrogen-bond donors (Lipinski definition) is 0. The summed E-state index contributed by atoms with van der Waals surface area (Å²) >= 11 is 2.14. The van der Waals surface area contributed by atoms with E-state index >= 15 is 0 Å². The van der Waals surface area contributed by atoms with E-state index in [-0.39, 0.29) is 0 Å². The lowest BCUT2D eigenvalue weighted by molar-refractivity contribution is 0.241. The third-order valence-electron chi connectivity index (χ3n) is 2.37. The minimum atomic E-state index is 0.515. The second kappa shape index (κ2) is 4.01. The Morgan fingerprint density at radius 3 is 2.58 bits per heavy atom. The topological polar surface area (TPSA) is 3.24 Å². The third-order valence-corrected chi connectivity index (χ3v) is 3.74. The zero-order valence-corrected chi connectivity index (χ0v) is 9.58. The van der Waals surface area contributed by atoms with Gasteiger partial charge in [0.25, 0.3) is 0 Å². The number of thioether (sulfide) groups is 1. The largest absolute Gasteiger partial charge is 0.305 e. The first-order valence-electron chi connectivity index (χ1n) is 4.88. The van der Waals surface area contributed by atoms with Crippen molar-refractivity contribution in [3.05, 3.63) is 0 Å². The van der Waals surface area contributed by atoms with Crippen molar-refractivity contribution < 1.29 is 0 Å². The van der Waals surface area contributed by atoms with Crippen LogP contribution in [0.4, 0.5) is 0 Å². The molecule has 0 saturated carbocycles. The monoisotopic (exact) mass is 187 g/mol. The fourth-order valence-corrected chi connectivity index (χ4v) is 3.81. The number of nitrogens with zero attached hydrogens (tertiary/aromatic N) is 1. The van der Waals surface area contributed by atoms with Crippen molar-refractivity contribution in [2.24, 2.45) is 0 Å². The highest BCUT2D eigenvalue weighted by Gasteiger charge is 2.30. The molecule has 1 heterocycles. The molecule has 0 radical (unpaired) electrons. The lowest BCUT2D eigenvalue weighted by Gasteiger charge is -2.39. The summed E-state index contributed by atoms with van der Waals surface area (Å²) in [5.74, 6) is 0. The van der Waals surface area contributed by atoms with Crippen molar-refractivity contribution in [3.63, 3.8) is 0 Å². The first kappa shape index (κ1) is 10.4. The highest BCUT2D eigenvalue weighted by Crippen LogP contribution is 2.36. The number of piperidine rings is 1. The fraction of sp³-hybridized carbons (Fsp3) is 1.00. The van der Waals surface area contributed by atoms with Crippen molar-refractivity contribution in [3.8, 4) is 0 Å². The molecule has 1 nitrogen and oxygen atoms in total. The van der Waals surface area contributed by atoms with Gasteiger partial charge in [0, 0.05) is 11.3 Å². The summed E-state index contributed by atoms with van der Waals surface area (Å²) in [5.41, 5.74) is 0. The molecule has 0 aromatic carbocycles. The second-order valence-electron chi connectivity index (χ2n) is 4.46. The second-order valence-corrected chi connectivity index (χ2v) is 6.62. The summed E-state index contributed by atoms with van der Waals surface area (Å²) in [6.45, 7) is 9.55. The molecule has 0 amide bonds. The van der Waals surface area contributed by atoms with Crippen LogP contribution in [0.5, 0.6) is 0 Å². The quantitative estimate of drug-likeness (QED) is 0.654. The van der Waals surface area contributed by atoms with E-state index < -0.39 is 0 Å². The molecule has 1 atom stereocenters. The normalized spacial score (nSPS) is 32.8. The molecule has 0 aromatic heterocycles. The summed E-state index contributed by atoms with van der Waals surface area (Å²) in [4.78, 5) is 2.46. The maximum atomic E-state index is 2.46. The van der Waals surface area contributed by atoms with E-state index in [2.05, 4.69) is 44.5 Å². The molecule has 0 aliphatic carbocycles. The zero-order valence-electron chi connectivity index (χ0n) is 8.76. The first-order chi connectivity index (χ1) is 5.52. The van der Waals surface area contributed by atoms with Gasteiger partial charge in [-0.1, -0.05) is 13.8 Å². The molecule has 1 aliphatic rings. The molecule has 1 aliphatic heterocycles. The minimum absolute atomic E-state index is 0.515. The van der Waals surface area contributed by atoms with Gasteiger partial charge in [-0.2, -0.15) is 11.8 Å². The van der Waals surface area contributed by atoms with Crippen molar-refractivity contribution in [2.75, 3.05) is 20.1 Å². The fourth-order valence-electron chi connectivity index (χ4n) is 2.12. The van der Waals surface area contributed by atoms with Gasteiger partial charge in [0.15, 0.2) is 0 Å². The molecule has 0 aromatic rings. The Kier molecular flexibility index (Phi) is 3.47. The molecule has 1 saturated heterocycles. The van der Waals surface area contributed by atoms with Gasteiger partial charge in [-0.15, -0.1) is 0 Å². The Bertz CT molecular complexity index is 143. The van der Waals surface area contributed by atoms with E-state index in [0.29, 0.717) is 4.75 Å². The lowest BCUT2D eigenvalue weighted by atomic mass is 10.00. The standard InChI is InChI=1S/C10H21NS/c1-9(2)12-10(3)6-5-7-11(4)8-10/h9H,5-8H2,1-4H3. The van der Waals surface area contributed by atoms with Crippen LogP contribution in [0.1, 0.15) is 33.6 Å². The molecule has 12 heavy (non-hydrogen) atoms. The predicted octanol–water partition coefficient (Wildman–Crippen LogP) is 2.61. The van der Waals surface area contributed by atoms with Gasteiger partial charge in [-0.3, -0.25) is 0 Å². The summed E-state index contributed by atoms with van der Waals surface area (Å²) in [6, 6.07) is 0. The summed E-state index contributed by atoms with van der Waals surface area (Å²) in [7, 11) is 2.23. The Morgan fingerprint density at radius 2 is 2.08 bits per heavy atom. The smallest absolute Gasteiger partial charge is 0.0261 e. The molecular formula is C10H21NS. The number of hydrogen-bond acceptors (Lipinski definition) is 2. The molecule has 0 N–H and O–H groups in total. The lowest BCUT2D eigenvalue weighted by Crippen LogP contribution is -2.42. The van der Waals surface area contributed by atoms with E-state index in [1.54, 1.807) is 0 Å². The van der Waals surface area contributed by atoms with Crippen molar-refractivity contribution in [1.82, 2.24) is 4.90 Å². The van der Waals surface area contributed by atoms with Crippen LogP contribution in [0.3, 0.4) is 0 Å². The average Bonchev–Trinajstić information content (AvgIpc) is 1.82. The van der Waals surface area contributed by atoms with Crippen LogP contribution in [0.25, 0.3) is 0 Å². The van der Waals surface area contributed by atoms with Gasteiger partial charge >= 0.3 is 0 Å². The van der Waals surface area contributed by atoms with E-state index in [9.17, 15) is 0 Å². The van der Waals surface area contributed by atoms with Gasteiger partial charge in [0.2, 0.25) is 0 Å². The van der Waals surface area contributed by atoms with Crippen LogP contribution in [0, 0.1) is 0 Å². The highest BCUT2D eigenvalue weighted by atomic mass is 32.2. The molecule has 1 rings (SSSR count). The SMILES string of the molecule is CC(C)SC1(C)CCCN(C)C1. The predicted molar refractivity (Wildman–Crippen MR) is 57.9 cm³/mol. The van der Waals surface area contributed by atoms with Crippen LogP contribution in [0.2, 0.25) is 0 Å². The van der Waals surface area contributed by atoms with Crippen LogP contribution in [-0.2, 0) is 0 Å². The zero-order chi connectivity index (χ0) is 9.19. The number of likely N-dealkylation sites (tertiary alicyclic amines) is 1. The molecule has 2 heteroatoms. The Labute approximate surface area is 80.9 Å². The van der Waals surface area contributed by atoms with Crippen LogP contribution < -0.4 is 0 Å². The molecule has 1 fully saturated rings. The Morgan fingerprint density at radius 1 is 1.42 bits per heavy atom. The van der Waals surface area contributed by atoms with E-state index in [0.717, 1.165) is 5.25 Å².